The number of ether oxygens (including phenoxy) is 2. The standard InChI is InChI=1S/C29H27NO5/c1-17-13-24(33-4)14-18(2)27(17)21-7-6-8-22(15-21)28(31)30-23-11-9-20(10-12-23)26-16-25(19(3)35-26)29(32)34-5/h6-16H,1-5H3,(H,30,31). The average molecular weight is 470 g/mol. The molecule has 0 atom stereocenters. The van der Waals surface area contributed by atoms with Gasteiger partial charge in [0, 0.05) is 16.8 Å². The molecule has 0 unspecified atom stereocenters. The Hall–Kier alpha value is -4.32. The number of amides is 1. The van der Waals surface area contributed by atoms with Crippen LogP contribution < -0.4 is 10.1 Å². The van der Waals surface area contributed by atoms with Gasteiger partial charge in [0.05, 0.1) is 14.2 Å². The Balaban J connectivity index is 1.53. The summed E-state index contributed by atoms with van der Waals surface area (Å²) < 4.78 is 15.8. The van der Waals surface area contributed by atoms with Crippen LogP contribution >= 0.6 is 0 Å². The molecule has 1 aromatic heterocycles. The molecule has 0 aliphatic carbocycles. The number of esters is 1. The number of aryl methyl sites for hydroxylation is 3. The zero-order chi connectivity index (χ0) is 25.1. The number of rotatable bonds is 6. The molecule has 1 amide bonds. The minimum atomic E-state index is -0.441. The number of hydrogen-bond donors (Lipinski definition) is 1. The summed E-state index contributed by atoms with van der Waals surface area (Å²) >= 11 is 0. The van der Waals surface area contributed by atoms with Crippen LogP contribution in [-0.4, -0.2) is 26.1 Å². The Morgan fingerprint density at radius 1 is 0.829 bits per heavy atom. The van der Waals surface area contributed by atoms with Gasteiger partial charge < -0.3 is 19.2 Å². The molecule has 0 fully saturated rings. The van der Waals surface area contributed by atoms with Crippen LogP contribution in [0.25, 0.3) is 22.5 Å². The largest absolute Gasteiger partial charge is 0.497 e. The van der Waals surface area contributed by atoms with E-state index >= 15 is 0 Å². The molecule has 35 heavy (non-hydrogen) atoms. The highest BCUT2D eigenvalue weighted by atomic mass is 16.5. The average Bonchev–Trinajstić information content (AvgIpc) is 3.25. The van der Waals surface area contributed by atoms with Gasteiger partial charge in [-0.05, 0) is 97.6 Å². The second-order valence-corrected chi connectivity index (χ2v) is 8.32. The predicted octanol–water partition coefficient (Wildman–Crippen LogP) is 6.59. The fourth-order valence-corrected chi connectivity index (χ4v) is 4.17. The van der Waals surface area contributed by atoms with Crippen LogP contribution in [0, 0.1) is 20.8 Å². The molecule has 4 aromatic rings. The SMILES string of the molecule is COC(=O)c1cc(-c2ccc(NC(=O)c3cccc(-c4c(C)cc(OC)cc4C)c3)cc2)oc1C. The number of furan rings is 1. The molecule has 0 radical (unpaired) electrons. The van der Waals surface area contributed by atoms with Gasteiger partial charge in [-0.25, -0.2) is 4.79 Å². The molecule has 0 aliphatic rings. The minimum absolute atomic E-state index is 0.203. The van der Waals surface area contributed by atoms with Crippen molar-refractivity contribution in [3.05, 3.63) is 94.7 Å². The smallest absolute Gasteiger partial charge is 0.341 e. The molecule has 3 aromatic carbocycles. The second kappa shape index (κ2) is 9.89. The van der Waals surface area contributed by atoms with Gasteiger partial charge in [-0.15, -0.1) is 0 Å². The van der Waals surface area contributed by atoms with Crippen molar-refractivity contribution in [2.45, 2.75) is 20.8 Å². The molecule has 0 aliphatic heterocycles. The fraction of sp³-hybridized carbons (Fsp3) is 0.172. The van der Waals surface area contributed by atoms with Crippen LogP contribution in [-0.2, 0) is 4.74 Å². The van der Waals surface area contributed by atoms with Crippen LogP contribution in [0.3, 0.4) is 0 Å². The van der Waals surface area contributed by atoms with Gasteiger partial charge in [0.2, 0.25) is 0 Å². The summed E-state index contributed by atoms with van der Waals surface area (Å²) in [4.78, 5) is 24.8. The van der Waals surface area contributed by atoms with Gasteiger partial charge in [0.25, 0.3) is 5.91 Å². The van der Waals surface area contributed by atoms with Crippen molar-refractivity contribution in [2.75, 3.05) is 19.5 Å². The lowest BCUT2D eigenvalue weighted by Gasteiger charge is -2.14. The maximum absolute atomic E-state index is 13.0. The highest BCUT2D eigenvalue weighted by Gasteiger charge is 2.17. The number of carbonyl (C=O) groups excluding carboxylic acids is 2. The Morgan fingerprint density at radius 3 is 2.14 bits per heavy atom. The monoisotopic (exact) mass is 469 g/mol. The molecule has 0 saturated heterocycles. The van der Waals surface area contributed by atoms with E-state index in [0.29, 0.717) is 28.3 Å². The van der Waals surface area contributed by atoms with Crippen LogP contribution in [0.4, 0.5) is 5.69 Å². The quantitative estimate of drug-likeness (QED) is 0.323. The number of anilines is 1. The van der Waals surface area contributed by atoms with Crippen molar-refractivity contribution in [1.29, 1.82) is 0 Å². The van der Waals surface area contributed by atoms with Crippen LogP contribution in [0.15, 0.2) is 71.1 Å². The highest BCUT2D eigenvalue weighted by molar-refractivity contribution is 6.05. The van der Waals surface area contributed by atoms with Gasteiger partial charge in [0.15, 0.2) is 0 Å². The molecule has 0 saturated carbocycles. The summed E-state index contributed by atoms with van der Waals surface area (Å²) in [6, 6.07) is 20.5. The first kappa shape index (κ1) is 23.8. The summed E-state index contributed by atoms with van der Waals surface area (Å²) in [6.45, 7) is 5.79. The molecular formula is C29H27NO5. The normalized spacial score (nSPS) is 10.7. The first-order chi connectivity index (χ1) is 16.8. The van der Waals surface area contributed by atoms with Gasteiger partial charge in [-0.3, -0.25) is 4.79 Å². The van der Waals surface area contributed by atoms with E-state index in [1.165, 1.54) is 7.11 Å². The van der Waals surface area contributed by atoms with E-state index in [0.717, 1.165) is 33.6 Å². The summed E-state index contributed by atoms with van der Waals surface area (Å²) in [7, 11) is 2.99. The molecular weight excluding hydrogens is 442 g/mol. The Labute approximate surface area is 204 Å². The molecule has 6 nitrogen and oxygen atoms in total. The molecule has 6 heteroatoms. The zero-order valence-electron chi connectivity index (χ0n) is 20.4. The molecule has 1 N–H and O–H groups in total. The summed E-state index contributed by atoms with van der Waals surface area (Å²) in [6.07, 6.45) is 0. The van der Waals surface area contributed by atoms with E-state index in [-0.39, 0.29) is 5.91 Å². The summed E-state index contributed by atoms with van der Waals surface area (Å²) in [5.74, 6) is 1.21. The van der Waals surface area contributed by atoms with Crippen molar-refractivity contribution in [1.82, 2.24) is 0 Å². The van der Waals surface area contributed by atoms with Crippen molar-refractivity contribution in [2.24, 2.45) is 0 Å². The number of benzene rings is 3. The predicted molar refractivity (Wildman–Crippen MR) is 136 cm³/mol. The van der Waals surface area contributed by atoms with Crippen molar-refractivity contribution >= 4 is 17.6 Å². The lowest BCUT2D eigenvalue weighted by molar-refractivity contribution is 0.0598. The number of hydrogen-bond acceptors (Lipinski definition) is 5. The maximum atomic E-state index is 13.0. The van der Waals surface area contributed by atoms with E-state index in [4.69, 9.17) is 13.9 Å². The van der Waals surface area contributed by atoms with Gasteiger partial charge in [0.1, 0.15) is 22.8 Å². The lowest BCUT2D eigenvalue weighted by Crippen LogP contribution is -2.11. The van der Waals surface area contributed by atoms with Crippen molar-refractivity contribution in [3.8, 4) is 28.2 Å². The van der Waals surface area contributed by atoms with Gasteiger partial charge >= 0.3 is 5.97 Å². The molecule has 0 spiro atoms. The number of carbonyl (C=O) groups is 2. The third-order valence-corrected chi connectivity index (χ3v) is 5.91. The number of nitrogens with one attached hydrogen (secondary N) is 1. The Kier molecular flexibility index (Phi) is 6.73. The van der Waals surface area contributed by atoms with Crippen LogP contribution in [0.5, 0.6) is 5.75 Å². The van der Waals surface area contributed by atoms with E-state index in [1.807, 2.05) is 56.3 Å². The molecule has 0 bridgehead atoms. The Bertz CT molecular complexity index is 1380. The summed E-state index contributed by atoms with van der Waals surface area (Å²) in [5.41, 5.74) is 6.61. The third kappa shape index (κ3) is 4.96. The molecule has 178 valence electrons. The maximum Gasteiger partial charge on any atom is 0.341 e. The Morgan fingerprint density at radius 2 is 1.51 bits per heavy atom. The van der Waals surface area contributed by atoms with E-state index in [9.17, 15) is 9.59 Å². The highest BCUT2D eigenvalue weighted by Crippen LogP contribution is 2.32. The van der Waals surface area contributed by atoms with Crippen LogP contribution in [0.1, 0.15) is 37.6 Å². The fourth-order valence-electron chi connectivity index (χ4n) is 4.17. The van der Waals surface area contributed by atoms with E-state index in [2.05, 4.69) is 5.32 Å². The first-order valence-electron chi connectivity index (χ1n) is 11.2. The number of methoxy groups -OCH3 is 2. The van der Waals surface area contributed by atoms with E-state index in [1.54, 1.807) is 38.3 Å². The second-order valence-electron chi connectivity index (χ2n) is 8.32. The first-order valence-corrected chi connectivity index (χ1v) is 11.2. The van der Waals surface area contributed by atoms with E-state index < -0.39 is 5.97 Å². The zero-order valence-corrected chi connectivity index (χ0v) is 20.4. The molecule has 1 heterocycles. The molecule has 4 rings (SSSR count). The topological polar surface area (TPSA) is 77.8 Å². The minimum Gasteiger partial charge on any atom is -0.497 e. The van der Waals surface area contributed by atoms with Gasteiger partial charge in [-0.2, -0.15) is 0 Å². The third-order valence-electron chi connectivity index (χ3n) is 5.91. The van der Waals surface area contributed by atoms with Gasteiger partial charge in [-0.1, -0.05) is 12.1 Å². The lowest BCUT2D eigenvalue weighted by atomic mass is 9.94. The van der Waals surface area contributed by atoms with Crippen molar-refractivity contribution < 1.29 is 23.5 Å². The van der Waals surface area contributed by atoms with Crippen LogP contribution in [0.2, 0.25) is 0 Å². The summed E-state index contributed by atoms with van der Waals surface area (Å²) in [5, 5.41) is 2.94. The van der Waals surface area contributed by atoms with Crippen molar-refractivity contribution in [3.63, 3.8) is 0 Å².